The molecule has 0 fully saturated rings. The van der Waals surface area contributed by atoms with Gasteiger partial charge in [-0.3, -0.25) is 4.79 Å². The summed E-state index contributed by atoms with van der Waals surface area (Å²) < 4.78 is 0. The third-order valence-electron chi connectivity index (χ3n) is 2.35. The van der Waals surface area contributed by atoms with Gasteiger partial charge in [0.1, 0.15) is 5.82 Å². The van der Waals surface area contributed by atoms with Crippen molar-refractivity contribution in [2.75, 3.05) is 11.9 Å². The van der Waals surface area contributed by atoms with Crippen LogP contribution in [0.15, 0.2) is 17.5 Å². The van der Waals surface area contributed by atoms with Gasteiger partial charge in [-0.25, -0.2) is 4.98 Å². The van der Waals surface area contributed by atoms with Crippen LogP contribution in [0.4, 0.5) is 5.82 Å². The van der Waals surface area contributed by atoms with Crippen LogP contribution in [-0.2, 0) is 6.54 Å². The fourth-order valence-electron chi connectivity index (χ4n) is 1.47. The second-order valence-electron chi connectivity index (χ2n) is 3.87. The zero-order valence-electron chi connectivity index (χ0n) is 10.8. The second kappa shape index (κ2) is 6.24. The molecule has 0 radical (unpaired) electrons. The van der Waals surface area contributed by atoms with E-state index in [4.69, 9.17) is 0 Å². The quantitative estimate of drug-likeness (QED) is 0.868. The van der Waals surface area contributed by atoms with E-state index in [1.807, 2.05) is 19.2 Å². The first-order chi connectivity index (χ1) is 9.19. The molecule has 0 aliphatic carbocycles. The van der Waals surface area contributed by atoms with Gasteiger partial charge >= 0.3 is 0 Å². The van der Waals surface area contributed by atoms with Crippen LogP contribution in [-0.4, -0.2) is 27.6 Å². The fourth-order valence-corrected chi connectivity index (χ4v) is 2.08. The van der Waals surface area contributed by atoms with Crippen molar-refractivity contribution in [2.45, 2.75) is 20.4 Å². The molecule has 0 aliphatic heterocycles. The van der Waals surface area contributed by atoms with Crippen molar-refractivity contribution in [1.29, 1.82) is 0 Å². The van der Waals surface area contributed by atoms with Gasteiger partial charge in [-0.1, -0.05) is 0 Å². The molecule has 0 saturated carbocycles. The molecule has 19 heavy (non-hydrogen) atoms. The molecule has 0 bridgehead atoms. The summed E-state index contributed by atoms with van der Waals surface area (Å²) in [6.07, 6.45) is 0. The summed E-state index contributed by atoms with van der Waals surface area (Å²) in [7, 11) is 0. The maximum atomic E-state index is 11.5. The van der Waals surface area contributed by atoms with Crippen molar-refractivity contribution >= 4 is 23.1 Å². The number of aromatic nitrogens is 3. The first-order valence-corrected chi connectivity index (χ1v) is 6.84. The molecule has 0 spiro atoms. The molecule has 0 saturated heterocycles. The summed E-state index contributed by atoms with van der Waals surface area (Å²) in [4.78, 5) is 15.8. The van der Waals surface area contributed by atoms with Gasteiger partial charge in [-0.15, -0.1) is 21.5 Å². The lowest BCUT2D eigenvalue weighted by Gasteiger charge is -2.04. The molecule has 2 rings (SSSR count). The largest absolute Gasteiger partial charge is 0.363 e. The topological polar surface area (TPSA) is 79.8 Å². The molecule has 0 atom stereocenters. The molecule has 0 aromatic carbocycles. The van der Waals surface area contributed by atoms with E-state index in [1.54, 1.807) is 23.5 Å². The summed E-state index contributed by atoms with van der Waals surface area (Å²) in [6.45, 7) is 5.00. The molecule has 2 heterocycles. The van der Waals surface area contributed by atoms with Gasteiger partial charge in [0.15, 0.2) is 5.69 Å². The summed E-state index contributed by atoms with van der Waals surface area (Å²) in [5.41, 5.74) is 1.29. The number of carbonyl (C=O) groups excluding carboxylic acids is 1. The Morgan fingerprint density at radius 1 is 1.37 bits per heavy atom. The summed E-state index contributed by atoms with van der Waals surface area (Å²) >= 11 is 1.61. The van der Waals surface area contributed by atoms with E-state index in [0.717, 1.165) is 10.7 Å². The van der Waals surface area contributed by atoms with Crippen LogP contribution in [0.1, 0.15) is 28.1 Å². The molecule has 7 heteroatoms. The summed E-state index contributed by atoms with van der Waals surface area (Å²) in [5.74, 6) is 0.412. The number of amides is 1. The van der Waals surface area contributed by atoms with Gasteiger partial charge in [-0.05, 0) is 26.0 Å². The van der Waals surface area contributed by atoms with E-state index in [9.17, 15) is 4.79 Å². The normalized spacial score (nSPS) is 10.2. The van der Waals surface area contributed by atoms with E-state index in [0.29, 0.717) is 24.6 Å². The first kappa shape index (κ1) is 13.4. The number of nitrogens with zero attached hydrogens (tertiary/aromatic N) is 3. The molecule has 6 nitrogen and oxygen atoms in total. The predicted octanol–water partition coefficient (Wildman–Crippen LogP) is 1.60. The summed E-state index contributed by atoms with van der Waals surface area (Å²) in [6, 6.07) is 3.38. The van der Waals surface area contributed by atoms with Crippen LogP contribution in [0, 0.1) is 6.92 Å². The van der Waals surface area contributed by atoms with E-state index in [-0.39, 0.29) is 5.91 Å². The van der Waals surface area contributed by atoms with E-state index < -0.39 is 0 Å². The Morgan fingerprint density at radius 3 is 2.79 bits per heavy atom. The van der Waals surface area contributed by atoms with Gasteiger partial charge in [0.2, 0.25) is 0 Å². The van der Waals surface area contributed by atoms with Gasteiger partial charge in [0, 0.05) is 11.9 Å². The number of hydrogen-bond acceptors (Lipinski definition) is 6. The fraction of sp³-hybridized carbons (Fsp3) is 0.333. The molecule has 2 N–H and O–H groups in total. The zero-order chi connectivity index (χ0) is 13.7. The molecular weight excluding hydrogens is 262 g/mol. The van der Waals surface area contributed by atoms with Crippen LogP contribution in [0.5, 0.6) is 0 Å². The van der Waals surface area contributed by atoms with Crippen molar-refractivity contribution < 1.29 is 4.79 Å². The zero-order valence-corrected chi connectivity index (χ0v) is 11.6. The van der Waals surface area contributed by atoms with E-state index in [2.05, 4.69) is 25.8 Å². The Balaban J connectivity index is 1.93. The van der Waals surface area contributed by atoms with Crippen molar-refractivity contribution in [3.8, 4) is 0 Å². The Kier molecular flexibility index (Phi) is 4.40. The Bertz CT molecular complexity index is 552. The smallest absolute Gasteiger partial charge is 0.271 e. The minimum atomic E-state index is -0.211. The van der Waals surface area contributed by atoms with Crippen molar-refractivity contribution in [2.24, 2.45) is 0 Å². The van der Waals surface area contributed by atoms with Crippen LogP contribution >= 0.6 is 11.3 Å². The van der Waals surface area contributed by atoms with Crippen LogP contribution < -0.4 is 10.6 Å². The van der Waals surface area contributed by atoms with Crippen molar-refractivity contribution in [1.82, 2.24) is 20.5 Å². The van der Waals surface area contributed by atoms with Crippen LogP contribution in [0.2, 0.25) is 0 Å². The lowest BCUT2D eigenvalue weighted by Crippen LogP contribution is -2.24. The average molecular weight is 277 g/mol. The Morgan fingerprint density at radius 2 is 2.21 bits per heavy atom. The van der Waals surface area contributed by atoms with Gasteiger partial charge in [0.05, 0.1) is 17.2 Å². The molecule has 0 unspecified atom stereocenters. The number of aryl methyl sites for hydroxylation is 1. The number of carbonyl (C=O) groups is 1. The number of anilines is 1. The van der Waals surface area contributed by atoms with Crippen molar-refractivity contribution in [3.05, 3.63) is 33.9 Å². The maximum Gasteiger partial charge on any atom is 0.271 e. The van der Waals surface area contributed by atoms with Crippen LogP contribution in [0.25, 0.3) is 0 Å². The highest BCUT2D eigenvalue weighted by Crippen LogP contribution is 2.10. The molecule has 2 aromatic heterocycles. The highest BCUT2D eigenvalue weighted by molar-refractivity contribution is 7.09. The first-order valence-electron chi connectivity index (χ1n) is 5.96. The highest BCUT2D eigenvalue weighted by atomic mass is 32.1. The molecule has 0 aliphatic rings. The minimum absolute atomic E-state index is 0.211. The minimum Gasteiger partial charge on any atom is -0.363 e. The predicted molar refractivity (Wildman–Crippen MR) is 74.2 cm³/mol. The van der Waals surface area contributed by atoms with E-state index >= 15 is 0 Å². The molecular formula is C12H15N5OS. The average Bonchev–Trinajstić information content (AvgIpc) is 2.83. The van der Waals surface area contributed by atoms with Crippen molar-refractivity contribution in [3.63, 3.8) is 0 Å². The maximum absolute atomic E-state index is 11.5. The Hall–Kier alpha value is -2.02. The highest BCUT2D eigenvalue weighted by Gasteiger charge is 2.06. The standard InChI is InChI=1S/C12H15N5OS/c1-3-13-12(18)10-4-5-11(17-16-10)14-6-9-7-19-8(2)15-9/h4-5,7H,3,6H2,1-2H3,(H,13,18)(H,14,17). The van der Waals surface area contributed by atoms with Gasteiger partial charge < -0.3 is 10.6 Å². The lowest BCUT2D eigenvalue weighted by molar-refractivity contribution is 0.0950. The molecule has 2 aromatic rings. The Labute approximate surface area is 115 Å². The lowest BCUT2D eigenvalue weighted by atomic mass is 10.3. The van der Waals surface area contributed by atoms with Gasteiger partial charge in [0.25, 0.3) is 5.91 Å². The second-order valence-corrected chi connectivity index (χ2v) is 4.94. The third kappa shape index (κ3) is 3.72. The summed E-state index contributed by atoms with van der Waals surface area (Å²) in [5, 5.41) is 16.6. The molecule has 100 valence electrons. The monoisotopic (exact) mass is 277 g/mol. The van der Waals surface area contributed by atoms with Gasteiger partial charge in [-0.2, -0.15) is 0 Å². The number of rotatable bonds is 5. The SMILES string of the molecule is CCNC(=O)c1ccc(NCc2csc(C)n2)nn1. The number of thiazole rings is 1. The molecule has 1 amide bonds. The van der Waals surface area contributed by atoms with E-state index in [1.165, 1.54) is 0 Å². The third-order valence-corrected chi connectivity index (χ3v) is 3.17. The number of hydrogen-bond donors (Lipinski definition) is 2. The van der Waals surface area contributed by atoms with Crippen LogP contribution in [0.3, 0.4) is 0 Å². The number of nitrogens with one attached hydrogen (secondary N) is 2.